The highest BCUT2D eigenvalue weighted by atomic mass is 32.1. The number of hydrogen-bond acceptors (Lipinski definition) is 4. The van der Waals surface area contributed by atoms with Crippen molar-refractivity contribution >= 4 is 27.5 Å². The van der Waals surface area contributed by atoms with E-state index >= 15 is 0 Å². The number of piperidine rings is 1. The number of amides is 1. The van der Waals surface area contributed by atoms with Gasteiger partial charge in [0.2, 0.25) is 0 Å². The van der Waals surface area contributed by atoms with Gasteiger partial charge in [0.25, 0.3) is 5.91 Å². The van der Waals surface area contributed by atoms with Crippen molar-refractivity contribution in [3.8, 4) is 0 Å². The molecule has 3 atom stereocenters. The lowest BCUT2D eigenvalue weighted by Gasteiger charge is -2.35. The second-order valence-corrected chi connectivity index (χ2v) is 9.40. The van der Waals surface area contributed by atoms with Crippen molar-refractivity contribution in [1.29, 1.82) is 0 Å². The van der Waals surface area contributed by atoms with Crippen molar-refractivity contribution in [2.45, 2.75) is 44.6 Å². The van der Waals surface area contributed by atoms with E-state index in [1.54, 1.807) is 11.3 Å². The van der Waals surface area contributed by atoms with E-state index in [-0.39, 0.29) is 5.91 Å². The minimum Gasteiger partial charge on any atom is -0.349 e. The molecule has 1 aromatic carbocycles. The minimum absolute atomic E-state index is 0.0467. The first kappa shape index (κ1) is 16.7. The standard InChI is InChI=1S/C21H27N3OS/c25-21(16-3-4-20-19(11-16)22-13-26-20)23-18-5-7-24(8-6-18)12-14-1-2-15-10-17(15)9-14/h3-4,11,13-15,17-18H,1-2,5-10,12H2,(H,23,25). The van der Waals surface area contributed by atoms with E-state index in [0.29, 0.717) is 6.04 Å². The molecule has 1 aromatic heterocycles. The lowest BCUT2D eigenvalue weighted by atomic mass is 9.88. The molecule has 3 fully saturated rings. The summed E-state index contributed by atoms with van der Waals surface area (Å²) in [7, 11) is 0. The molecular weight excluding hydrogens is 342 g/mol. The van der Waals surface area contributed by atoms with Gasteiger partial charge in [0.05, 0.1) is 15.7 Å². The first-order valence-corrected chi connectivity index (χ1v) is 11.0. The predicted octanol–water partition coefficient (Wildman–Crippen LogP) is 3.93. The number of likely N-dealkylation sites (tertiary alicyclic amines) is 1. The Morgan fingerprint density at radius 3 is 2.88 bits per heavy atom. The number of carbonyl (C=O) groups excluding carboxylic acids is 1. The average molecular weight is 370 g/mol. The summed E-state index contributed by atoms with van der Waals surface area (Å²) >= 11 is 1.61. The topological polar surface area (TPSA) is 45.2 Å². The van der Waals surface area contributed by atoms with Crippen LogP contribution in [0.15, 0.2) is 23.7 Å². The maximum absolute atomic E-state index is 12.6. The van der Waals surface area contributed by atoms with Gasteiger partial charge >= 0.3 is 0 Å². The van der Waals surface area contributed by atoms with Crippen molar-refractivity contribution in [2.75, 3.05) is 19.6 Å². The van der Waals surface area contributed by atoms with Crippen molar-refractivity contribution in [3.63, 3.8) is 0 Å². The van der Waals surface area contributed by atoms with Crippen LogP contribution in [-0.2, 0) is 0 Å². The number of fused-ring (bicyclic) bond motifs is 2. The van der Waals surface area contributed by atoms with Crippen LogP contribution in [0.5, 0.6) is 0 Å². The fourth-order valence-corrected chi connectivity index (χ4v) is 5.67. The van der Waals surface area contributed by atoms with E-state index in [0.717, 1.165) is 59.5 Å². The fraction of sp³-hybridized carbons (Fsp3) is 0.619. The Kier molecular flexibility index (Phi) is 4.45. The third-order valence-corrected chi connectivity index (χ3v) is 7.49. The highest BCUT2D eigenvalue weighted by molar-refractivity contribution is 7.16. The van der Waals surface area contributed by atoms with E-state index in [9.17, 15) is 4.79 Å². The van der Waals surface area contributed by atoms with Gasteiger partial charge in [-0.05, 0) is 74.5 Å². The third kappa shape index (κ3) is 3.52. The van der Waals surface area contributed by atoms with Gasteiger partial charge in [-0.15, -0.1) is 11.3 Å². The number of aromatic nitrogens is 1. The van der Waals surface area contributed by atoms with Gasteiger partial charge in [-0.25, -0.2) is 4.98 Å². The minimum atomic E-state index is 0.0467. The summed E-state index contributed by atoms with van der Waals surface area (Å²) in [5.74, 6) is 3.14. The molecular formula is C21H27N3OS. The first-order valence-electron chi connectivity index (χ1n) is 10.1. The Morgan fingerprint density at radius 1 is 1.15 bits per heavy atom. The predicted molar refractivity (Wildman–Crippen MR) is 105 cm³/mol. The van der Waals surface area contributed by atoms with E-state index in [4.69, 9.17) is 0 Å². The van der Waals surface area contributed by atoms with Gasteiger partial charge in [-0.2, -0.15) is 0 Å². The second kappa shape index (κ2) is 6.93. The van der Waals surface area contributed by atoms with Crippen molar-refractivity contribution < 1.29 is 4.79 Å². The smallest absolute Gasteiger partial charge is 0.251 e. The summed E-state index contributed by atoms with van der Waals surface area (Å²) in [5, 5.41) is 3.24. The van der Waals surface area contributed by atoms with Crippen LogP contribution in [0.2, 0.25) is 0 Å². The third-order valence-electron chi connectivity index (χ3n) is 6.68. The quantitative estimate of drug-likeness (QED) is 0.888. The normalized spacial score (nSPS) is 29.5. The molecule has 3 unspecified atom stereocenters. The first-order chi connectivity index (χ1) is 12.7. The van der Waals surface area contributed by atoms with Crippen LogP contribution < -0.4 is 5.32 Å². The summed E-state index contributed by atoms with van der Waals surface area (Å²) in [6.45, 7) is 3.53. The molecule has 2 aliphatic carbocycles. The zero-order valence-electron chi connectivity index (χ0n) is 15.2. The van der Waals surface area contributed by atoms with Gasteiger partial charge in [0.15, 0.2) is 0 Å². The van der Waals surface area contributed by atoms with Crippen LogP contribution in [0.25, 0.3) is 10.2 Å². The number of nitrogens with zero attached hydrogens (tertiary/aromatic N) is 2. The molecule has 26 heavy (non-hydrogen) atoms. The molecule has 1 N–H and O–H groups in total. The van der Waals surface area contributed by atoms with E-state index in [2.05, 4.69) is 15.2 Å². The maximum atomic E-state index is 12.6. The molecule has 1 aliphatic heterocycles. The van der Waals surface area contributed by atoms with Crippen molar-refractivity contribution in [1.82, 2.24) is 15.2 Å². The monoisotopic (exact) mass is 369 g/mol. The van der Waals surface area contributed by atoms with Crippen LogP contribution in [0.1, 0.15) is 48.9 Å². The highest BCUT2D eigenvalue weighted by Crippen LogP contribution is 2.51. The zero-order chi connectivity index (χ0) is 17.5. The van der Waals surface area contributed by atoms with Crippen LogP contribution in [0.3, 0.4) is 0 Å². The molecule has 3 aliphatic rings. The molecule has 0 radical (unpaired) electrons. The second-order valence-electron chi connectivity index (χ2n) is 8.52. The Balaban J connectivity index is 1.11. The van der Waals surface area contributed by atoms with Crippen LogP contribution >= 0.6 is 11.3 Å². The van der Waals surface area contributed by atoms with Crippen LogP contribution in [0.4, 0.5) is 0 Å². The van der Waals surface area contributed by atoms with Gasteiger partial charge < -0.3 is 10.2 Å². The van der Waals surface area contributed by atoms with E-state index in [1.807, 2.05) is 23.7 Å². The van der Waals surface area contributed by atoms with E-state index < -0.39 is 0 Å². The summed E-state index contributed by atoms with van der Waals surface area (Å²) in [6, 6.07) is 6.13. The van der Waals surface area contributed by atoms with Crippen molar-refractivity contribution in [2.24, 2.45) is 17.8 Å². The molecule has 2 saturated carbocycles. The Bertz CT molecular complexity index is 795. The number of thiazole rings is 1. The molecule has 5 heteroatoms. The Labute approximate surface area is 159 Å². The highest BCUT2D eigenvalue weighted by Gasteiger charge is 2.42. The molecule has 1 saturated heterocycles. The average Bonchev–Trinajstić information content (AvgIpc) is 3.28. The van der Waals surface area contributed by atoms with E-state index in [1.165, 1.54) is 32.2 Å². The molecule has 2 heterocycles. The van der Waals surface area contributed by atoms with Gasteiger partial charge in [-0.1, -0.05) is 0 Å². The van der Waals surface area contributed by atoms with Crippen LogP contribution in [-0.4, -0.2) is 41.5 Å². The lowest BCUT2D eigenvalue weighted by molar-refractivity contribution is 0.0901. The lowest BCUT2D eigenvalue weighted by Crippen LogP contribution is -2.46. The maximum Gasteiger partial charge on any atom is 0.251 e. The number of rotatable bonds is 4. The van der Waals surface area contributed by atoms with Gasteiger partial charge in [0.1, 0.15) is 0 Å². The Hall–Kier alpha value is -1.46. The molecule has 1 amide bonds. The van der Waals surface area contributed by atoms with Crippen molar-refractivity contribution in [3.05, 3.63) is 29.3 Å². The molecule has 138 valence electrons. The zero-order valence-corrected chi connectivity index (χ0v) is 16.0. The molecule has 0 bridgehead atoms. The summed E-state index contributed by atoms with van der Waals surface area (Å²) in [6.07, 6.45) is 8.05. The summed E-state index contributed by atoms with van der Waals surface area (Å²) in [4.78, 5) is 19.5. The summed E-state index contributed by atoms with van der Waals surface area (Å²) < 4.78 is 1.13. The number of nitrogens with one attached hydrogen (secondary N) is 1. The number of hydrogen-bond donors (Lipinski definition) is 1. The largest absolute Gasteiger partial charge is 0.349 e. The number of benzene rings is 1. The molecule has 0 spiro atoms. The molecule has 5 rings (SSSR count). The number of carbonyl (C=O) groups is 1. The molecule has 2 aromatic rings. The molecule has 4 nitrogen and oxygen atoms in total. The van der Waals surface area contributed by atoms with Gasteiger partial charge in [0, 0.05) is 31.2 Å². The summed E-state index contributed by atoms with van der Waals surface area (Å²) in [5.41, 5.74) is 3.48. The SMILES string of the molecule is O=C(NC1CCN(CC2CCC3CC3C2)CC1)c1ccc2scnc2c1. The fourth-order valence-electron chi connectivity index (χ4n) is 5.01. The van der Waals surface area contributed by atoms with Gasteiger partial charge in [-0.3, -0.25) is 4.79 Å². The van der Waals surface area contributed by atoms with Crippen LogP contribution in [0, 0.1) is 17.8 Å². The Morgan fingerprint density at radius 2 is 2.04 bits per heavy atom.